The van der Waals surface area contributed by atoms with Gasteiger partial charge in [-0.05, 0) is 48.4 Å². The van der Waals surface area contributed by atoms with Crippen LogP contribution >= 0.6 is 22.9 Å². The summed E-state index contributed by atoms with van der Waals surface area (Å²) in [6.07, 6.45) is 0.865. The number of rotatable bonds is 1. The molecule has 1 aliphatic heterocycles. The highest BCUT2D eigenvalue weighted by atomic mass is 35.5. The quantitative estimate of drug-likeness (QED) is 0.815. The van der Waals surface area contributed by atoms with Gasteiger partial charge in [-0.25, -0.2) is 0 Å². The molecule has 1 aliphatic rings. The van der Waals surface area contributed by atoms with E-state index in [9.17, 15) is 4.79 Å². The average Bonchev–Trinajstić information content (AvgIpc) is 2.95. The summed E-state index contributed by atoms with van der Waals surface area (Å²) < 4.78 is 0. The molecule has 0 bridgehead atoms. The zero-order chi connectivity index (χ0) is 14.4. The van der Waals surface area contributed by atoms with Gasteiger partial charge in [-0.1, -0.05) is 17.7 Å². The Morgan fingerprint density at radius 2 is 2.10 bits per heavy atom. The first kappa shape index (κ1) is 13.5. The van der Waals surface area contributed by atoms with Crippen LogP contribution in [0, 0.1) is 13.8 Å². The zero-order valence-corrected chi connectivity index (χ0v) is 12.9. The predicted molar refractivity (Wildman–Crippen MR) is 85.0 cm³/mol. The van der Waals surface area contributed by atoms with Crippen LogP contribution < -0.4 is 10.6 Å². The number of nitrogens with zero attached hydrogens (tertiary/aromatic N) is 1. The maximum Gasteiger partial charge on any atom is 0.269 e. The number of amides is 1. The number of carbonyl (C=O) groups is 1. The molecule has 1 aromatic heterocycles. The molecule has 0 saturated carbocycles. The second-order valence-corrected chi connectivity index (χ2v) is 6.36. The van der Waals surface area contributed by atoms with Gasteiger partial charge in [-0.2, -0.15) is 0 Å². The lowest BCUT2D eigenvalue weighted by Crippen LogP contribution is -2.28. The minimum absolute atomic E-state index is 0.0323. The van der Waals surface area contributed by atoms with Crippen LogP contribution in [0.4, 0.5) is 11.4 Å². The van der Waals surface area contributed by atoms with E-state index in [4.69, 9.17) is 17.3 Å². The molecule has 2 aromatic rings. The van der Waals surface area contributed by atoms with E-state index in [2.05, 4.69) is 6.07 Å². The molecular formula is C15H15ClN2OS. The molecule has 0 unspecified atom stereocenters. The molecule has 104 valence electrons. The van der Waals surface area contributed by atoms with Gasteiger partial charge in [-0.3, -0.25) is 4.79 Å². The fraction of sp³-hybridized carbons (Fsp3) is 0.267. The molecule has 5 heteroatoms. The number of carbonyl (C=O) groups excluding carboxylic acids is 1. The van der Waals surface area contributed by atoms with Crippen molar-refractivity contribution in [3.63, 3.8) is 0 Å². The Bertz CT molecular complexity index is 708. The molecule has 1 amide bonds. The molecule has 1 aromatic carbocycles. The molecule has 20 heavy (non-hydrogen) atoms. The lowest BCUT2D eigenvalue weighted by Gasteiger charge is -2.17. The highest BCUT2D eigenvalue weighted by molar-refractivity contribution is 7.13. The molecular weight excluding hydrogens is 292 g/mol. The second kappa shape index (κ2) is 4.79. The van der Waals surface area contributed by atoms with Crippen LogP contribution in [0.5, 0.6) is 0 Å². The van der Waals surface area contributed by atoms with Crippen LogP contribution in [0.25, 0.3) is 0 Å². The van der Waals surface area contributed by atoms with E-state index in [1.807, 2.05) is 25.3 Å². The normalized spacial score (nSPS) is 13.7. The summed E-state index contributed by atoms with van der Waals surface area (Å²) in [5.74, 6) is -0.0323. The fourth-order valence-corrected chi connectivity index (χ4v) is 3.71. The summed E-state index contributed by atoms with van der Waals surface area (Å²) in [4.78, 5) is 15.0. The first-order chi connectivity index (χ1) is 9.49. The van der Waals surface area contributed by atoms with Crippen LogP contribution in [0.1, 0.15) is 26.4 Å². The number of benzene rings is 1. The molecule has 0 fully saturated rings. The smallest absolute Gasteiger partial charge is 0.269 e. The van der Waals surface area contributed by atoms with Crippen LogP contribution in [0.2, 0.25) is 5.02 Å². The number of hydrogen-bond acceptors (Lipinski definition) is 3. The molecule has 3 nitrogen and oxygen atoms in total. The van der Waals surface area contributed by atoms with Gasteiger partial charge < -0.3 is 10.6 Å². The van der Waals surface area contributed by atoms with E-state index < -0.39 is 0 Å². The van der Waals surface area contributed by atoms with Crippen molar-refractivity contribution in [3.8, 4) is 0 Å². The predicted octanol–water partition coefficient (Wildman–Crippen LogP) is 3.80. The van der Waals surface area contributed by atoms with Crippen molar-refractivity contribution in [2.75, 3.05) is 17.2 Å². The van der Waals surface area contributed by atoms with Crippen molar-refractivity contribution in [1.82, 2.24) is 0 Å². The van der Waals surface area contributed by atoms with Crippen molar-refractivity contribution in [3.05, 3.63) is 44.1 Å². The Hall–Kier alpha value is -1.52. The topological polar surface area (TPSA) is 46.3 Å². The van der Waals surface area contributed by atoms with Gasteiger partial charge in [0.15, 0.2) is 0 Å². The summed E-state index contributed by atoms with van der Waals surface area (Å²) in [7, 11) is 0. The maximum absolute atomic E-state index is 12.7. The van der Waals surface area contributed by atoms with E-state index in [1.165, 1.54) is 16.9 Å². The van der Waals surface area contributed by atoms with Crippen LogP contribution in [0.15, 0.2) is 17.5 Å². The average molecular weight is 307 g/mol. The Morgan fingerprint density at radius 1 is 1.35 bits per heavy atom. The monoisotopic (exact) mass is 306 g/mol. The number of thiophene rings is 1. The van der Waals surface area contributed by atoms with Gasteiger partial charge in [0.25, 0.3) is 5.91 Å². The standard InChI is InChI=1S/C15H15ClN2OS/c1-8-5-10-3-4-18(12(10)6-11(8)17)15(19)14-13(16)9(2)7-20-14/h5-7H,3-4,17H2,1-2H3. The Kier molecular flexibility index (Phi) is 3.22. The van der Waals surface area contributed by atoms with E-state index in [0.29, 0.717) is 16.4 Å². The third kappa shape index (κ3) is 2.00. The zero-order valence-electron chi connectivity index (χ0n) is 11.4. The van der Waals surface area contributed by atoms with Crippen molar-refractivity contribution >= 4 is 40.2 Å². The number of fused-ring (bicyclic) bond motifs is 1. The van der Waals surface area contributed by atoms with Crippen molar-refractivity contribution < 1.29 is 4.79 Å². The number of nitrogens with two attached hydrogens (primary N) is 1. The molecule has 3 rings (SSSR count). The summed E-state index contributed by atoms with van der Waals surface area (Å²) in [6, 6.07) is 3.96. The molecule has 2 N–H and O–H groups in total. The summed E-state index contributed by atoms with van der Waals surface area (Å²) in [5.41, 5.74) is 10.8. The van der Waals surface area contributed by atoms with E-state index in [1.54, 1.807) is 4.90 Å². The highest BCUT2D eigenvalue weighted by Crippen LogP contribution is 2.35. The summed E-state index contributed by atoms with van der Waals surface area (Å²) >= 11 is 7.60. The molecule has 0 atom stereocenters. The van der Waals surface area contributed by atoms with Crippen molar-refractivity contribution in [2.24, 2.45) is 0 Å². The number of nitrogen functional groups attached to an aromatic ring is 1. The highest BCUT2D eigenvalue weighted by Gasteiger charge is 2.28. The number of hydrogen-bond donors (Lipinski definition) is 1. The molecule has 0 radical (unpaired) electrons. The Balaban J connectivity index is 2.01. The molecule has 0 saturated heterocycles. The second-order valence-electron chi connectivity index (χ2n) is 5.11. The lowest BCUT2D eigenvalue weighted by atomic mass is 10.1. The van der Waals surface area contributed by atoms with Gasteiger partial charge in [0, 0.05) is 17.9 Å². The molecule has 2 heterocycles. The Labute approximate surface area is 127 Å². The first-order valence-electron chi connectivity index (χ1n) is 6.43. The number of anilines is 2. The summed E-state index contributed by atoms with van der Waals surface area (Å²) in [5, 5.41) is 2.48. The fourth-order valence-electron chi connectivity index (χ4n) is 2.48. The third-order valence-corrected chi connectivity index (χ3v) is 5.39. The SMILES string of the molecule is Cc1cc2c(cc1N)N(C(=O)c1scc(C)c1Cl)CC2. The van der Waals surface area contributed by atoms with Crippen molar-refractivity contribution in [1.29, 1.82) is 0 Å². The minimum atomic E-state index is -0.0323. The van der Waals surface area contributed by atoms with Gasteiger partial charge in [0.05, 0.1) is 5.02 Å². The first-order valence-corrected chi connectivity index (χ1v) is 7.69. The summed E-state index contributed by atoms with van der Waals surface area (Å²) in [6.45, 7) is 4.58. The van der Waals surface area contributed by atoms with Crippen LogP contribution in [-0.4, -0.2) is 12.5 Å². The van der Waals surface area contributed by atoms with Crippen LogP contribution in [0.3, 0.4) is 0 Å². The molecule has 0 spiro atoms. The number of aryl methyl sites for hydroxylation is 2. The van der Waals surface area contributed by atoms with E-state index in [-0.39, 0.29) is 5.91 Å². The third-order valence-electron chi connectivity index (χ3n) is 3.70. The largest absolute Gasteiger partial charge is 0.398 e. The Morgan fingerprint density at radius 3 is 2.75 bits per heavy atom. The van der Waals surface area contributed by atoms with E-state index >= 15 is 0 Å². The van der Waals surface area contributed by atoms with E-state index in [0.717, 1.165) is 28.9 Å². The van der Waals surface area contributed by atoms with Gasteiger partial charge in [0.2, 0.25) is 0 Å². The van der Waals surface area contributed by atoms with Gasteiger partial charge in [-0.15, -0.1) is 11.3 Å². The van der Waals surface area contributed by atoms with Crippen LogP contribution in [-0.2, 0) is 6.42 Å². The van der Waals surface area contributed by atoms with Crippen molar-refractivity contribution in [2.45, 2.75) is 20.3 Å². The van der Waals surface area contributed by atoms with Gasteiger partial charge in [0.1, 0.15) is 4.88 Å². The maximum atomic E-state index is 12.7. The number of halogens is 1. The minimum Gasteiger partial charge on any atom is -0.398 e. The van der Waals surface area contributed by atoms with Gasteiger partial charge >= 0.3 is 0 Å². The molecule has 0 aliphatic carbocycles. The lowest BCUT2D eigenvalue weighted by molar-refractivity contribution is 0.0993.